The molecule has 2 aliphatic rings. The van der Waals surface area contributed by atoms with E-state index in [1.807, 2.05) is 72.8 Å². The van der Waals surface area contributed by atoms with Crippen molar-refractivity contribution in [1.82, 2.24) is 5.32 Å². The molecule has 168 valence electrons. The highest BCUT2D eigenvalue weighted by Gasteiger charge is 2.54. The van der Waals surface area contributed by atoms with Crippen molar-refractivity contribution in [2.75, 3.05) is 13.2 Å². The van der Waals surface area contributed by atoms with Gasteiger partial charge in [-0.15, -0.1) is 0 Å². The molecule has 0 aromatic heterocycles. The molecule has 2 N–H and O–H groups in total. The van der Waals surface area contributed by atoms with E-state index >= 15 is 0 Å². The molecule has 1 spiro atoms. The molecular formula is C27H26N2O4. The number of nitrogens with one attached hydrogen (secondary N) is 1. The van der Waals surface area contributed by atoms with Crippen molar-refractivity contribution < 1.29 is 19.4 Å². The van der Waals surface area contributed by atoms with Crippen LogP contribution in [0.4, 0.5) is 0 Å². The highest BCUT2D eigenvalue weighted by molar-refractivity contribution is 6.01. The number of ether oxygens (including phenoxy) is 2. The van der Waals surface area contributed by atoms with Gasteiger partial charge in [0.1, 0.15) is 5.75 Å². The summed E-state index contributed by atoms with van der Waals surface area (Å²) in [5, 5.41) is 12.0. The lowest BCUT2D eigenvalue weighted by atomic mass is 9.82. The van der Waals surface area contributed by atoms with Gasteiger partial charge in [-0.05, 0) is 41.0 Å². The summed E-state index contributed by atoms with van der Waals surface area (Å²) in [6, 6.07) is 25.4. The van der Waals surface area contributed by atoms with Crippen LogP contribution in [0.3, 0.4) is 0 Å². The second-order valence-electron chi connectivity index (χ2n) is 8.33. The molecule has 0 unspecified atom stereocenters. The first-order chi connectivity index (χ1) is 16.2. The fraction of sp³-hybridized carbons (Fsp3) is 0.259. The zero-order valence-electron chi connectivity index (χ0n) is 18.2. The van der Waals surface area contributed by atoms with Crippen LogP contribution in [0.15, 0.2) is 83.9 Å². The standard InChI is InChI=1S/C27H26N2O4/c30-15-6-16-32-23-13-11-20(12-14-23)25-29-27(24(33-25)19-7-2-1-3-8-19)17-21-9-4-5-10-22(21)18-28-26(27)31/h1-5,7-14,24,30H,6,15-18H2,(H,28,31)/t24-,27-/m0/s1. The Morgan fingerprint density at radius 3 is 2.48 bits per heavy atom. The predicted molar refractivity (Wildman–Crippen MR) is 125 cm³/mol. The fourth-order valence-corrected chi connectivity index (χ4v) is 4.43. The lowest BCUT2D eigenvalue weighted by Crippen LogP contribution is -2.48. The topological polar surface area (TPSA) is 80.2 Å². The molecule has 6 nitrogen and oxygen atoms in total. The molecule has 0 saturated heterocycles. The van der Waals surface area contributed by atoms with Crippen LogP contribution in [0.5, 0.6) is 5.75 Å². The number of carbonyl (C=O) groups excluding carboxylic acids is 1. The number of nitrogens with zero attached hydrogens (tertiary/aromatic N) is 1. The first kappa shape index (κ1) is 21.2. The Balaban J connectivity index is 1.53. The largest absolute Gasteiger partial charge is 0.494 e. The fourth-order valence-electron chi connectivity index (χ4n) is 4.43. The van der Waals surface area contributed by atoms with Gasteiger partial charge in [0, 0.05) is 31.6 Å². The molecule has 2 atom stereocenters. The molecule has 33 heavy (non-hydrogen) atoms. The van der Waals surface area contributed by atoms with Crippen LogP contribution in [0.2, 0.25) is 0 Å². The van der Waals surface area contributed by atoms with Gasteiger partial charge in [0.15, 0.2) is 11.6 Å². The maximum Gasteiger partial charge on any atom is 0.252 e. The average molecular weight is 443 g/mol. The summed E-state index contributed by atoms with van der Waals surface area (Å²) in [4.78, 5) is 18.5. The second-order valence-corrected chi connectivity index (χ2v) is 8.33. The van der Waals surface area contributed by atoms with Gasteiger partial charge < -0.3 is 19.9 Å². The van der Waals surface area contributed by atoms with Crippen molar-refractivity contribution in [2.45, 2.75) is 31.0 Å². The zero-order valence-corrected chi connectivity index (χ0v) is 18.2. The summed E-state index contributed by atoms with van der Waals surface area (Å²) < 4.78 is 12.1. The van der Waals surface area contributed by atoms with Crippen molar-refractivity contribution in [3.63, 3.8) is 0 Å². The lowest BCUT2D eigenvalue weighted by Gasteiger charge is -2.29. The molecule has 2 heterocycles. The highest BCUT2D eigenvalue weighted by Crippen LogP contribution is 2.43. The Bertz CT molecular complexity index is 1160. The minimum Gasteiger partial charge on any atom is -0.494 e. The Kier molecular flexibility index (Phi) is 5.84. The van der Waals surface area contributed by atoms with Crippen LogP contribution >= 0.6 is 0 Å². The number of hydrogen-bond acceptors (Lipinski definition) is 5. The van der Waals surface area contributed by atoms with Gasteiger partial charge in [-0.3, -0.25) is 4.79 Å². The molecule has 6 heteroatoms. The number of aliphatic hydroxyl groups excluding tert-OH is 1. The Morgan fingerprint density at radius 2 is 1.73 bits per heavy atom. The van der Waals surface area contributed by atoms with Crippen LogP contribution in [-0.2, 0) is 22.5 Å². The quantitative estimate of drug-likeness (QED) is 0.572. The maximum atomic E-state index is 13.5. The van der Waals surface area contributed by atoms with Crippen LogP contribution in [-0.4, -0.2) is 35.7 Å². The molecule has 5 rings (SSSR count). The number of amides is 1. The third kappa shape index (κ3) is 4.10. The van der Waals surface area contributed by atoms with Gasteiger partial charge in [-0.1, -0.05) is 54.6 Å². The normalized spacial score (nSPS) is 21.5. The molecular weight excluding hydrogens is 416 g/mol. The predicted octanol–water partition coefficient (Wildman–Crippen LogP) is 3.58. The van der Waals surface area contributed by atoms with Crippen molar-refractivity contribution in [3.8, 4) is 5.75 Å². The molecule has 0 bridgehead atoms. The van der Waals surface area contributed by atoms with Gasteiger partial charge >= 0.3 is 0 Å². The van der Waals surface area contributed by atoms with Crippen molar-refractivity contribution >= 4 is 11.8 Å². The molecule has 1 amide bonds. The molecule has 3 aromatic carbocycles. The summed E-state index contributed by atoms with van der Waals surface area (Å²) in [6.45, 7) is 1.02. The summed E-state index contributed by atoms with van der Waals surface area (Å²) >= 11 is 0. The van der Waals surface area contributed by atoms with E-state index in [1.165, 1.54) is 0 Å². The Labute approximate surface area is 192 Å². The van der Waals surface area contributed by atoms with E-state index in [0.717, 1.165) is 22.3 Å². The monoisotopic (exact) mass is 442 g/mol. The average Bonchev–Trinajstić information content (AvgIpc) is 3.18. The van der Waals surface area contributed by atoms with Gasteiger partial charge in [-0.25, -0.2) is 4.99 Å². The number of hydrogen-bond donors (Lipinski definition) is 2. The highest BCUT2D eigenvalue weighted by atomic mass is 16.5. The van der Waals surface area contributed by atoms with Gasteiger partial charge in [-0.2, -0.15) is 0 Å². The minimum atomic E-state index is -1.10. The molecule has 0 fully saturated rings. The van der Waals surface area contributed by atoms with Gasteiger partial charge in [0.25, 0.3) is 5.91 Å². The summed E-state index contributed by atoms with van der Waals surface area (Å²) in [7, 11) is 0. The number of rotatable bonds is 6. The third-order valence-corrected chi connectivity index (χ3v) is 6.15. The summed E-state index contributed by atoms with van der Waals surface area (Å²) in [5.74, 6) is 1.02. The van der Waals surface area contributed by atoms with E-state index < -0.39 is 11.6 Å². The second kappa shape index (κ2) is 9.08. The summed E-state index contributed by atoms with van der Waals surface area (Å²) in [6.07, 6.45) is 0.496. The first-order valence-electron chi connectivity index (χ1n) is 11.2. The number of benzene rings is 3. The maximum absolute atomic E-state index is 13.5. The Hall–Kier alpha value is -3.64. The Morgan fingerprint density at radius 1 is 1.00 bits per heavy atom. The van der Waals surface area contributed by atoms with E-state index in [2.05, 4.69) is 11.4 Å². The number of fused-ring (bicyclic) bond motifs is 1. The smallest absolute Gasteiger partial charge is 0.252 e. The van der Waals surface area contributed by atoms with Crippen LogP contribution in [0, 0.1) is 0 Å². The lowest BCUT2D eigenvalue weighted by molar-refractivity contribution is -0.128. The minimum absolute atomic E-state index is 0.0941. The van der Waals surface area contributed by atoms with E-state index in [4.69, 9.17) is 19.6 Å². The molecule has 0 saturated carbocycles. The van der Waals surface area contributed by atoms with Crippen molar-refractivity contribution in [1.29, 1.82) is 0 Å². The number of carbonyl (C=O) groups is 1. The summed E-state index contributed by atoms with van der Waals surface area (Å²) in [5.41, 5.74) is 2.79. The van der Waals surface area contributed by atoms with Gasteiger partial charge in [0.2, 0.25) is 5.90 Å². The zero-order chi connectivity index (χ0) is 22.7. The molecule has 0 aliphatic carbocycles. The molecule has 2 aliphatic heterocycles. The number of aliphatic hydroxyl groups is 1. The van der Waals surface area contributed by atoms with E-state index in [9.17, 15) is 4.79 Å². The van der Waals surface area contributed by atoms with E-state index in [1.54, 1.807) is 0 Å². The number of aliphatic imine (C=N–C) groups is 1. The van der Waals surface area contributed by atoms with Crippen molar-refractivity contribution in [3.05, 3.63) is 101 Å². The third-order valence-electron chi connectivity index (χ3n) is 6.15. The van der Waals surface area contributed by atoms with Crippen LogP contribution in [0.25, 0.3) is 0 Å². The first-order valence-corrected chi connectivity index (χ1v) is 11.2. The van der Waals surface area contributed by atoms with Crippen LogP contribution in [0.1, 0.15) is 34.8 Å². The van der Waals surface area contributed by atoms with Gasteiger partial charge in [0.05, 0.1) is 6.61 Å². The van der Waals surface area contributed by atoms with Crippen molar-refractivity contribution in [2.24, 2.45) is 4.99 Å². The van der Waals surface area contributed by atoms with E-state index in [-0.39, 0.29) is 12.5 Å². The van der Waals surface area contributed by atoms with Crippen LogP contribution < -0.4 is 10.1 Å². The van der Waals surface area contributed by atoms with E-state index in [0.29, 0.717) is 37.6 Å². The molecule has 0 radical (unpaired) electrons. The molecule has 3 aromatic rings. The SMILES string of the molecule is O=C1NCc2ccccc2C[C@@]12N=C(c1ccc(OCCCO)cc1)O[C@H]2c1ccccc1.